The van der Waals surface area contributed by atoms with E-state index >= 15 is 0 Å². The molecule has 1 heterocycles. The van der Waals surface area contributed by atoms with Gasteiger partial charge in [0.15, 0.2) is 11.5 Å². The zero-order valence-corrected chi connectivity index (χ0v) is 20.9. The lowest BCUT2D eigenvalue weighted by Gasteiger charge is -2.32. The first kappa shape index (κ1) is 26.6. The van der Waals surface area contributed by atoms with E-state index < -0.39 is 0 Å². The number of H-pyrrole nitrogens is 1. The van der Waals surface area contributed by atoms with Gasteiger partial charge >= 0.3 is 0 Å². The minimum absolute atomic E-state index is 0.137. The molecule has 1 aromatic rings. The standard InChI is InChI=1S/C26H39N5O2/c1-19(20-9-11-25(2,3)12-10-20)16-21(26(4,5)30-14-15-33-6)8-7-13-28-24(32)23-29-18-22(17-27)31-23/h7-9,16,18-19,30H,10-15H2,1-6H3,(H,28,32)(H,29,31)/b8-7-,21-16+/t19-/m1/s1. The number of ether oxygens (including phenoxy) is 1. The van der Waals surface area contributed by atoms with Crippen LogP contribution in [0.25, 0.3) is 0 Å². The van der Waals surface area contributed by atoms with E-state index in [1.54, 1.807) is 7.11 Å². The summed E-state index contributed by atoms with van der Waals surface area (Å²) in [5.74, 6) is 0.136. The van der Waals surface area contributed by atoms with Gasteiger partial charge in [0, 0.05) is 31.9 Å². The lowest BCUT2D eigenvalue weighted by molar-refractivity contribution is 0.0948. The highest BCUT2D eigenvalue weighted by Crippen LogP contribution is 2.37. The molecule has 1 aliphatic carbocycles. The second-order valence-electron chi connectivity index (χ2n) is 9.96. The first-order valence-corrected chi connectivity index (χ1v) is 11.6. The van der Waals surface area contributed by atoms with Crippen molar-refractivity contribution in [1.29, 1.82) is 5.26 Å². The molecule has 0 saturated carbocycles. The number of nitrogens with one attached hydrogen (secondary N) is 3. The molecular formula is C26H39N5O2. The van der Waals surface area contributed by atoms with Gasteiger partial charge in [0.25, 0.3) is 5.91 Å². The van der Waals surface area contributed by atoms with Crippen LogP contribution in [0, 0.1) is 22.7 Å². The van der Waals surface area contributed by atoms with Crippen molar-refractivity contribution in [1.82, 2.24) is 20.6 Å². The monoisotopic (exact) mass is 453 g/mol. The molecule has 0 saturated heterocycles. The summed E-state index contributed by atoms with van der Waals surface area (Å²) in [6, 6.07) is 1.91. The Morgan fingerprint density at radius 3 is 2.82 bits per heavy atom. The number of carbonyl (C=O) groups excluding carboxylic acids is 1. The lowest BCUT2D eigenvalue weighted by Crippen LogP contribution is -2.42. The van der Waals surface area contributed by atoms with Gasteiger partial charge in [-0.05, 0) is 50.0 Å². The van der Waals surface area contributed by atoms with Crippen molar-refractivity contribution in [3.63, 3.8) is 0 Å². The quantitative estimate of drug-likeness (QED) is 0.264. The molecule has 33 heavy (non-hydrogen) atoms. The third-order valence-electron chi connectivity index (χ3n) is 6.20. The largest absolute Gasteiger partial charge is 0.383 e. The highest BCUT2D eigenvalue weighted by molar-refractivity contribution is 5.90. The van der Waals surface area contributed by atoms with Gasteiger partial charge < -0.3 is 20.4 Å². The molecule has 1 amide bonds. The number of allylic oxidation sites excluding steroid dienone is 3. The molecule has 7 nitrogen and oxygen atoms in total. The van der Waals surface area contributed by atoms with Crippen LogP contribution in [0.4, 0.5) is 0 Å². The zero-order chi connectivity index (χ0) is 24.5. The van der Waals surface area contributed by atoms with Crippen molar-refractivity contribution >= 4 is 5.91 Å². The minimum atomic E-state index is -0.340. The number of amides is 1. The molecule has 1 aromatic heterocycles. The van der Waals surface area contributed by atoms with E-state index in [1.807, 2.05) is 12.1 Å². The van der Waals surface area contributed by atoms with Crippen LogP contribution >= 0.6 is 0 Å². The molecule has 0 spiro atoms. The fourth-order valence-electron chi connectivity index (χ4n) is 3.84. The number of aromatic amines is 1. The summed E-state index contributed by atoms with van der Waals surface area (Å²) in [5, 5.41) is 15.2. The zero-order valence-electron chi connectivity index (χ0n) is 20.9. The number of carbonyl (C=O) groups is 1. The molecule has 0 aromatic carbocycles. The Kier molecular flexibility index (Phi) is 9.63. The number of rotatable bonds is 11. The number of aromatic nitrogens is 2. The summed E-state index contributed by atoms with van der Waals surface area (Å²) in [5.41, 5.74) is 2.98. The third kappa shape index (κ3) is 8.30. The number of nitrogens with zero attached hydrogens (tertiary/aromatic N) is 2. The van der Waals surface area contributed by atoms with E-state index in [0.29, 0.717) is 24.5 Å². The second-order valence-corrected chi connectivity index (χ2v) is 9.96. The number of hydrogen-bond acceptors (Lipinski definition) is 5. The average Bonchev–Trinajstić information content (AvgIpc) is 3.25. The van der Waals surface area contributed by atoms with Crippen LogP contribution in [-0.2, 0) is 4.74 Å². The molecule has 0 aliphatic heterocycles. The van der Waals surface area contributed by atoms with Crippen molar-refractivity contribution < 1.29 is 9.53 Å². The summed E-state index contributed by atoms with van der Waals surface area (Å²) in [6.07, 6.45) is 13.6. The summed E-state index contributed by atoms with van der Waals surface area (Å²) >= 11 is 0. The minimum Gasteiger partial charge on any atom is -0.383 e. The molecule has 1 atom stereocenters. The lowest BCUT2D eigenvalue weighted by atomic mass is 9.75. The molecule has 1 aliphatic rings. The number of methoxy groups -OCH3 is 1. The molecule has 180 valence electrons. The Hall–Kier alpha value is -2.69. The normalized spacial score (nSPS) is 17.5. The molecule has 2 rings (SSSR count). The van der Waals surface area contributed by atoms with E-state index in [2.05, 4.69) is 73.4 Å². The van der Waals surface area contributed by atoms with Crippen molar-refractivity contribution in [2.45, 2.75) is 59.4 Å². The predicted molar refractivity (Wildman–Crippen MR) is 132 cm³/mol. The van der Waals surface area contributed by atoms with Crippen molar-refractivity contribution in [3.8, 4) is 6.07 Å². The third-order valence-corrected chi connectivity index (χ3v) is 6.20. The van der Waals surface area contributed by atoms with Gasteiger partial charge in [0.05, 0.1) is 6.61 Å². The smallest absolute Gasteiger partial charge is 0.287 e. The van der Waals surface area contributed by atoms with Crippen LogP contribution in [0.15, 0.2) is 41.6 Å². The van der Waals surface area contributed by atoms with E-state index in [9.17, 15) is 4.79 Å². The number of nitriles is 1. The summed E-state index contributed by atoms with van der Waals surface area (Å²) in [4.78, 5) is 18.9. The van der Waals surface area contributed by atoms with Crippen molar-refractivity contribution in [3.05, 3.63) is 53.2 Å². The van der Waals surface area contributed by atoms with Crippen LogP contribution in [-0.4, -0.2) is 48.2 Å². The van der Waals surface area contributed by atoms with E-state index in [-0.39, 0.29) is 23.0 Å². The number of imidazole rings is 1. The first-order chi connectivity index (χ1) is 15.6. The van der Waals surface area contributed by atoms with E-state index in [4.69, 9.17) is 10.00 Å². The first-order valence-electron chi connectivity index (χ1n) is 11.6. The molecule has 0 fully saturated rings. The van der Waals surface area contributed by atoms with E-state index in [1.165, 1.54) is 18.2 Å². The average molecular weight is 454 g/mol. The molecule has 0 unspecified atom stereocenters. The van der Waals surface area contributed by atoms with Gasteiger partial charge in [-0.1, -0.05) is 50.6 Å². The van der Waals surface area contributed by atoms with Gasteiger partial charge in [0.2, 0.25) is 0 Å². The Bertz CT molecular complexity index is 931. The Labute approximate surface area is 198 Å². The molecule has 3 N–H and O–H groups in total. The summed E-state index contributed by atoms with van der Waals surface area (Å²) in [6.45, 7) is 13.0. The molecule has 0 radical (unpaired) electrons. The van der Waals surface area contributed by atoms with Crippen LogP contribution in [0.2, 0.25) is 0 Å². The maximum Gasteiger partial charge on any atom is 0.287 e. The van der Waals surface area contributed by atoms with E-state index in [0.717, 1.165) is 25.0 Å². The maximum atomic E-state index is 12.2. The fourth-order valence-corrected chi connectivity index (χ4v) is 3.84. The number of hydrogen-bond donors (Lipinski definition) is 3. The van der Waals surface area contributed by atoms with Gasteiger partial charge in [0.1, 0.15) is 6.07 Å². The Morgan fingerprint density at radius 2 is 2.21 bits per heavy atom. The molecule has 7 heteroatoms. The van der Waals surface area contributed by atoms with Gasteiger partial charge in [-0.2, -0.15) is 5.26 Å². The second kappa shape index (κ2) is 12.0. The van der Waals surface area contributed by atoms with Crippen LogP contribution in [0.1, 0.15) is 70.2 Å². The van der Waals surface area contributed by atoms with Crippen LogP contribution in [0.3, 0.4) is 0 Å². The summed E-state index contributed by atoms with van der Waals surface area (Å²) in [7, 11) is 1.70. The highest BCUT2D eigenvalue weighted by atomic mass is 16.5. The van der Waals surface area contributed by atoms with Crippen molar-refractivity contribution in [2.24, 2.45) is 11.3 Å². The van der Waals surface area contributed by atoms with Gasteiger partial charge in [-0.15, -0.1) is 0 Å². The SMILES string of the molecule is COCCNC(C)(C)C(/C=C\CNC(=O)c1nc(C#N)c[nH]1)=C/[C@@H](C)C1=CCC(C)(C)CC1. The van der Waals surface area contributed by atoms with Gasteiger partial charge in [-0.25, -0.2) is 4.98 Å². The highest BCUT2D eigenvalue weighted by Gasteiger charge is 2.25. The topological polar surface area (TPSA) is 103 Å². The van der Waals surface area contributed by atoms with Crippen molar-refractivity contribution in [2.75, 3.05) is 26.8 Å². The Balaban J connectivity index is 2.11. The maximum absolute atomic E-state index is 12.2. The fraction of sp³-hybridized carbons (Fsp3) is 0.577. The molecule has 0 bridgehead atoms. The van der Waals surface area contributed by atoms with Gasteiger partial charge in [-0.3, -0.25) is 4.79 Å². The van der Waals surface area contributed by atoms with Crippen LogP contribution in [0.5, 0.6) is 0 Å². The predicted octanol–water partition coefficient (Wildman–Crippen LogP) is 4.28. The molecular weight excluding hydrogens is 414 g/mol. The summed E-state index contributed by atoms with van der Waals surface area (Å²) < 4.78 is 5.20. The van der Waals surface area contributed by atoms with Crippen LogP contribution < -0.4 is 10.6 Å². The Morgan fingerprint density at radius 1 is 1.45 bits per heavy atom.